The van der Waals surface area contributed by atoms with Gasteiger partial charge in [-0.3, -0.25) is 4.79 Å². The summed E-state index contributed by atoms with van der Waals surface area (Å²) in [5.74, 6) is -0.360. The first-order valence-electron chi connectivity index (χ1n) is 4.83. The predicted octanol–water partition coefficient (Wildman–Crippen LogP) is 1.27. The molecule has 1 unspecified atom stereocenters. The van der Waals surface area contributed by atoms with Crippen molar-refractivity contribution in [2.75, 3.05) is 0 Å². The molecule has 3 heteroatoms. The van der Waals surface area contributed by atoms with Crippen LogP contribution >= 0.6 is 0 Å². The fourth-order valence-electron chi connectivity index (χ4n) is 1.74. The predicted molar refractivity (Wildman–Crippen MR) is 51.5 cm³/mol. The number of carbonyl (C=O) groups is 1. The first-order chi connectivity index (χ1) is 5.88. The number of hydrogen-bond donors (Lipinski definition) is 2. The van der Waals surface area contributed by atoms with E-state index in [-0.39, 0.29) is 12.2 Å². The molecule has 0 heterocycles. The van der Waals surface area contributed by atoms with Crippen molar-refractivity contribution in [2.24, 2.45) is 0 Å². The van der Waals surface area contributed by atoms with Crippen LogP contribution in [-0.2, 0) is 4.79 Å². The van der Waals surface area contributed by atoms with Crippen molar-refractivity contribution >= 4 is 5.78 Å². The molecule has 1 atom stereocenters. The summed E-state index contributed by atoms with van der Waals surface area (Å²) >= 11 is 0. The van der Waals surface area contributed by atoms with Gasteiger partial charge in [0, 0.05) is 0 Å². The van der Waals surface area contributed by atoms with Gasteiger partial charge in [0.15, 0.2) is 11.4 Å². The Morgan fingerprint density at radius 1 is 1.08 bits per heavy atom. The highest BCUT2D eigenvalue weighted by molar-refractivity contribution is 5.86. The summed E-state index contributed by atoms with van der Waals surface area (Å²) in [5.41, 5.74) is -2.87. The van der Waals surface area contributed by atoms with Gasteiger partial charge in [-0.05, 0) is 26.2 Å². The second-order valence-corrected chi connectivity index (χ2v) is 3.51. The molecule has 3 nitrogen and oxygen atoms in total. The summed E-state index contributed by atoms with van der Waals surface area (Å²) < 4.78 is 0. The van der Waals surface area contributed by atoms with E-state index in [0.717, 1.165) is 0 Å². The van der Waals surface area contributed by atoms with E-state index in [1.54, 1.807) is 20.8 Å². The first-order valence-corrected chi connectivity index (χ1v) is 4.83. The smallest absolute Gasteiger partial charge is 0.164 e. The van der Waals surface area contributed by atoms with E-state index in [2.05, 4.69) is 0 Å². The molecule has 13 heavy (non-hydrogen) atoms. The molecule has 0 rings (SSSR count). The molecule has 0 saturated heterocycles. The molecule has 0 aliphatic rings. The number of rotatable bonds is 5. The molecular weight excluding hydrogens is 168 g/mol. The summed E-state index contributed by atoms with van der Waals surface area (Å²) in [7, 11) is 0. The number of carbonyl (C=O) groups excluding carboxylic acids is 1. The Morgan fingerprint density at radius 3 is 1.54 bits per heavy atom. The van der Waals surface area contributed by atoms with Crippen LogP contribution in [0.4, 0.5) is 0 Å². The Morgan fingerprint density at radius 2 is 1.46 bits per heavy atom. The summed E-state index contributed by atoms with van der Waals surface area (Å²) in [6.45, 7) is 6.57. The number of hydrogen-bond acceptors (Lipinski definition) is 3. The molecule has 0 amide bonds. The lowest BCUT2D eigenvalue weighted by Crippen LogP contribution is -2.57. The highest BCUT2D eigenvalue weighted by atomic mass is 16.4. The van der Waals surface area contributed by atoms with Crippen LogP contribution in [0, 0.1) is 0 Å². The monoisotopic (exact) mass is 188 g/mol. The van der Waals surface area contributed by atoms with Crippen LogP contribution < -0.4 is 0 Å². The molecule has 0 aromatic heterocycles. The SMILES string of the molecule is CCC(O)(CC)C(O)(CC)C(C)=O. The average Bonchev–Trinajstić information content (AvgIpc) is 2.14. The molecule has 0 spiro atoms. The third-order valence-electron chi connectivity index (χ3n) is 3.03. The normalized spacial score (nSPS) is 16.8. The maximum atomic E-state index is 11.3. The number of ketones is 1. The third kappa shape index (κ3) is 1.92. The Hall–Kier alpha value is -0.410. The zero-order valence-corrected chi connectivity index (χ0v) is 8.92. The van der Waals surface area contributed by atoms with E-state index < -0.39 is 11.2 Å². The molecule has 0 radical (unpaired) electrons. The molecular formula is C10H20O3. The molecule has 0 bridgehead atoms. The zero-order valence-electron chi connectivity index (χ0n) is 8.92. The standard InChI is InChI=1S/C10H20O3/c1-5-9(12,6-2)10(13,7-3)8(4)11/h12-13H,5-7H2,1-4H3. The van der Waals surface area contributed by atoms with Crippen molar-refractivity contribution < 1.29 is 15.0 Å². The van der Waals surface area contributed by atoms with Gasteiger partial charge in [0.25, 0.3) is 0 Å². The van der Waals surface area contributed by atoms with Crippen LogP contribution in [-0.4, -0.2) is 27.2 Å². The van der Waals surface area contributed by atoms with Crippen LogP contribution in [0.1, 0.15) is 47.0 Å². The molecule has 78 valence electrons. The van der Waals surface area contributed by atoms with Gasteiger partial charge in [-0.1, -0.05) is 20.8 Å². The maximum absolute atomic E-state index is 11.3. The van der Waals surface area contributed by atoms with Gasteiger partial charge in [-0.25, -0.2) is 0 Å². The maximum Gasteiger partial charge on any atom is 0.164 e. The van der Waals surface area contributed by atoms with Crippen LogP contribution in [0.5, 0.6) is 0 Å². The van der Waals surface area contributed by atoms with E-state index in [4.69, 9.17) is 0 Å². The summed E-state index contributed by atoms with van der Waals surface area (Å²) in [6, 6.07) is 0. The van der Waals surface area contributed by atoms with Crippen molar-refractivity contribution in [1.82, 2.24) is 0 Å². The second kappa shape index (κ2) is 4.20. The largest absolute Gasteiger partial charge is 0.386 e. The van der Waals surface area contributed by atoms with E-state index in [9.17, 15) is 15.0 Å². The van der Waals surface area contributed by atoms with Gasteiger partial charge >= 0.3 is 0 Å². The van der Waals surface area contributed by atoms with Crippen LogP contribution in [0.3, 0.4) is 0 Å². The van der Waals surface area contributed by atoms with Gasteiger partial charge in [0.05, 0.1) is 5.60 Å². The molecule has 2 N–H and O–H groups in total. The van der Waals surface area contributed by atoms with E-state index in [0.29, 0.717) is 12.8 Å². The van der Waals surface area contributed by atoms with Crippen molar-refractivity contribution in [3.63, 3.8) is 0 Å². The average molecular weight is 188 g/mol. The Labute approximate surface area is 79.8 Å². The Balaban J connectivity index is 5.03. The van der Waals surface area contributed by atoms with Crippen molar-refractivity contribution in [2.45, 2.75) is 58.2 Å². The molecule has 0 fully saturated rings. The first kappa shape index (κ1) is 12.6. The van der Waals surface area contributed by atoms with Crippen LogP contribution in [0.2, 0.25) is 0 Å². The minimum atomic E-state index is -1.59. The van der Waals surface area contributed by atoms with Gasteiger partial charge in [0.2, 0.25) is 0 Å². The van der Waals surface area contributed by atoms with Gasteiger partial charge in [-0.2, -0.15) is 0 Å². The van der Waals surface area contributed by atoms with Crippen molar-refractivity contribution in [3.05, 3.63) is 0 Å². The quantitative estimate of drug-likeness (QED) is 0.683. The second-order valence-electron chi connectivity index (χ2n) is 3.51. The molecule has 0 saturated carbocycles. The van der Waals surface area contributed by atoms with Crippen LogP contribution in [0.25, 0.3) is 0 Å². The Bertz CT molecular complexity index is 185. The van der Waals surface area contributed by atoms with Crippen molar-refractivity contribution in [1.29, 1.82) is 0 Å². The fourth-order valence-corrected chi connectivity index (χ4v) is 1.74. The molecule has 0 aromatic rings. The highest BCUT2D eigenvalue weighted by Crippen LogP contribution is 2.32. The van der Waals surface area contributed by atoms with Crippen LogP contribution in [0.15, 0.2) is 0 Å². The lowest BCUT2D eigenvalue weighted by Gasteiger charge is -2.40. The van der Waals surface area contributed by atoms with Gasteiger partial charge in [-0.15, -0.1) is 0 Å². The number of Topliss-reactive ketones (excluding diaryl/α,β-unsaturated/α-hetero) is 1. The summed E-state index contributed by atoms with van der Waals surface area (Å²) in [5, 5.41) is 20.1. The minimum absolute atomic E-state index is 0.251. The lowest BCUT2D eigenvalue weighted by atomic mass is 9.74. The molecule has 0 aromatic carbocycles. The third-order valence-corrected chi connectivity index (χ3v) is 3.03. The van der Waals surface area contributed by atoms with E-state index >= 15 is 0 Å². The highest BCUT2D eigenvalue weighted by Gasteiger charge is 2.48. The topological polar surface area (TPSA) is 57.5 Å². The summed E-state index contributed by atoms with van der Waals surface area (Å²) in [6.07, 6.45) is 1.02. The Kier molecular flexibility index (Phi) is 4.07. The van der Waals surface area contributed by atoms with Crippen molar-refractivity contribution in [3.8, 4) is 0 Å². The zero-order chi connectivity index (χ0) is 10.7. The fraction of sp³-hybridized carbons (Fsp3) is 0.900. The molecule has 0 aliphatic carbocycles. The van der Waals surface area contributed by atoms with E-state index in [1.165, 1.54) is 6.92 Å². The van der Waals surface area contributed by atoms with Gasteiger partial charge in [0.1, 0.15) is 0 Å². The van der Waals surface area contributed by atoms with Gasteiger partial charge < -0.3 is 10.2 Å². The minimum Gasteiger partial charge on any atom is -0.386 e. The summed E-state index contributed by atoms with van der Waals surface area (Å²) in [4.78, 5) is 11.3. The van der Waals surface area contributed by atoms with E-state index in [1.807, 2.05) is 0 Å². The number of aliphatic hydroxyl groups is 2. The molecule has 0 aliphatic heterocycles. The lowest BCUT2D eigenvalue weighted by molar-refractivity contribution is -0.175.